The molecule has 3 heterocycles. The maximum Gasteiger partial charge on any atom is 0.295 e. The van der Waals surface area contributed by atoms with Crippen LogP contribution in [0.25, 0.3) is 5.76 Å². The summed E-state index contributed by atoms with van der Waals surface area (Å²) in [7, 11) is 1.72. The standard InChI is InChI=1S/C23H24FN5O3/c1-14-18(15(2)27(3)26-14)21(30)19-20(16-7-4-5-8-17(16)24)29(23(32)22(19)31)11-6-10-28-12-9-25-13-28/h4-5,7-9,12-13,20,30H,6,10-11H2,1-3H3. The van der Waals surface area contributed by atoms with Gasteiger partial charge >= 0.3 is 0 Å². The van der Waals surface area contributed by atoms with E-state index in [1.54, 1.807) is 56.4 Å². The average molecular weight is 437 g/mol. The van der Waals surface area contributed by atoms with Gasteiger partial charge in [0.1, 0.15) is 11.6 Å². The number of imidazole rings is 1. The van der Waals surface area contributed by atoms with Gasteiger partial charge in [0.25, 0.3) is 11.7 Å². The molecule has 1 atom stereocenters. The Bertz CT molecular complexity index is 1210. The molecule has 166 valence electrons. The number of aliphatic hydroxyl groups is 1. The SMILES string of the molecule is Cc1nn(C)c(C)c1C(O)=C1C(=O)C(=O)N(CCCn2ccnc2)C1c1ccccc1F. The highest BCUT2D eigenvalue weighted by Gasteiger charge is 2.47. The number of aryl methyl sites for hydroxylation is 3. The van der Waals surface area contributed by atoms with Gasteiger partial charge in [0.2, 0.25) is 0 Å². The molecule has 9 heteroatoms. The predicted molar refractivity (Wildman–Crippen MR) is 115 cm³/mol. The molecule has 1 amide bonds. The van der Waals surface area contributed by atoms with E-state index < -0.39 is 23.5 Å². The molecule has 0 saturated carbocycles. The fourth-order valence-electron chi connectivity index (χ4n) is 4.22. The van der Waals surface area contributed by atoms with Gasteiger partial charge in [0.15, 0.2) is 0 Å². The van der Waals surface area contributed by atoms with E-state index in [2.05, 4.69) is 10.1 Å². The summed E-state index contributed by atoms with van der Waals surface area (Å²) in [5, 5.41) is 15.5. The number of hydrogen-bond donors (Lipinski definition) is 1. The first-order valence-corrected chi connectivity index (χ1v) is 10.3. The maximum absolute atomic E-state index is 14.8. The minimum atomic E-state index is -1.03. The summed E-state index contributed by atoms with van der Waals surface area (Å²) < 4.78 is 18.3. The number of halogens is 1. The third kappa shape index (κ3) is 3.59. The van der Waals surface area contributed by atoms with E-state index in [0.29, 0.717) is 29.9 Å². The van der Waals surface area contributed by atoms with Crippen LogP contribution >= 0.6 is 0 Å². The van der Waals surface area contributed by atoms with Crippen molar-refractivity contribution in [1.82, 2.24) is 24.2 Å². The molecule has 1 saturated heterocycles. The number of amides is 1. The molecule has 0 radical (unpaired) electrons. The Kier molecular flexibility index (Phi) is 5.65. The summed E-state index contributed by atoms with van der Waals surface area (Å²) in [5.41, 5.74) is 1.57. The molecule has 2 aromatic heterocycles. The Morgan fingerprint density at radius 2 is 1.94 bits per heavy atom. The number of aromatic nitrogens is 4. The molecule has 1 aliphatic heterocycles. The summed E-state index contributed by atoms with van der Waals surface area (Å²) in [6, 6.07) is 4.97. The van der Waals surface area contributed by atoms with Crippen LogP contribution in [0.1, 0.15) is 35.0 Å². The van der Waals surface area contributed by atoms with Crippen LogP contribution in [0.2, 0.25) is 0 Å². The summed E-state index contributed by atoms with van der Waals surface area (Å²) in [4.78, 5) is 31.4. The third-order valence-corrected chi connectivity index (χ3v) is 5.86. The van der Waals surface area contributed by atoms with E-state index in [-0.39, 0.29) is 23.4 Å². The summed E-state index contributed by atoms with van der Waals surface area (Å²) >= 11 is 0. The van der Waals surface area contributed by atoms with Gasteiger partial charge in [0, 0.05) is 43.8 Å². The number of carbonyl (C=O) groups excluding carboxylic acids is 2. The van der Waals surface area contributed by atoms with Crippen LogP contribution < -0.4 is 0 Å². The second-order valence-corrected chi connectivity index (χ2v) is 7.84. The van der Waals surface area contributed by atoms with Crippen molar-refractivity contribution in [3.8, 4) is 0 Å². The Hall–Kier alpha value is -3.75. The van der Waals surface area contributed by atoms with Gasteiger partial charge in [-0.25, -0.2) is 9.37 Å². The monoisotopic (exact) mass is 437 g/mol. The number of likely N-dealkylation sites (tertiary alicyclic amines) is 1. The number of carbonyl (C=O) groups is 2. The van der Waals surface area contributed by atoms with E-state index in [0.717, 1.165) is 0 Å². The Morgan fingerprint density at radius 3 is 2.56 bits per heavy atom. The summed E-state index contributed by atoms with van der Waals surface area (Å²) in [5.74, 6) is -2.48. The molecule has 1 unspecified atom stereocenters. The van der Waals surface area contributed by atoms with E-state index in [1.807, 2.05) is 4.57 Å². The highest BCUT2D eigenvalue weighted by Crippen LogP contribution is 2.41. The lowest BCUT2D eigenvalue weighted by molar-refractivity contribution is -0.140. The maximum atomic E-state index is 14.8. The summed E-state index contributed by atoms with van der Waals surface area (Å²) in [6.07, 6.45) is 5.65. The van der Waals surface area contributed by atoms with E-state index >= 15 is 0 Å². The molecule has 3 aromatic rings. The van der Waals surface area contributed by atoms with Gasteiger partial charge in [-0.15, -0.1) is 0 Å². The Balaban J connectivity index is 1.80. The van der Waals surface area contributed by atoms with Crippen molar-refractivity contribution < 1.29 is 19.1 Å². The van der Waals surface area contributed by atoms with Crippen LogP contribution in [-0.2, 0) is 23.2 Å². The number of rotatable bonds is 6. The Morgan fingerprint density at radius 1 is 1.19 bits per heavy atom. The molecular formula is C23H24FN5O3. The van der Waals surface area contributed by atoms with Crippen molar-refractivity contribution in [2.45, 2.75) is 32.9 Å². The smallest absolute Gasteiger partial charge is 0.295 e. The van der Waals surface area contributed by atoms with Crippen molar-refractivity contribution in [3.63, 3.8) is 0 Å². The van der Waals surface area contributed by atoms with Gasteiger partial charge in [-0.1, -0.05) is 18.2 Å². The van der Waals surface area contributed by atoms with Gasteiger partial charge in [-0.2, -0.15) is 5.10 Å². The lowest BCUT2D eigenvalue weighted by Gasteiger charge is -2.25. The number of ketones is 1. The van der Waals surface area contributed by atoms with Gasteiger partial charge in [-0.3, -0.25) is 14.3 Å². The predicted octanol–water partition coefficient (Wildman–Crippen LogP) is 2.88. The van der Waals surface area contributed by atoms with E-state index in [4.69, 9.17) is 0 Å². The first kappa shape index (κ1) is 21.5. The molecule has 1 aromatic carbocycles. The van der Waals surface area contributed by atoms with Crippen LogP contribution in [0.5, 0.6) is 0 Å². The zero-order valence-electron chi connectivity index (χ0n) is 18.1. The lowest BCUT2D eigenvalue weighted by Crippen LogP contribution is -2.31. The van der Waals surface area contributed by atoms with Crippen LogP contribution in [0.4, 0.5) is 4.39 Å². The molecule has 1 fully saturated rings. The minimum Gasteiger partial charge on any atom is -0.507 e. The average Bonchev–Trinajstić information content (AvgIpc) is 3.42. The second kappa shape index (κ2) is 8.41. The topological polar surface area (TPSA) is 93.2 Å². The first-order valence-electron chi connectivity index (χ1n) is 10.3. The number of benzene rings is 1. The zero-order chi connectivity index (χ0) is 23.0. The van der Waals surface area contributed by atoms with Crippen molar-refractivity contribution in [2.24, 2.45) is 7.05 Å². The molecular weight excluding hydrogens is 413 g/mol. The van der Waals surface area contributed by atoms with Crippen LogP contribution in [0.15, 0.2) is 48.6 Å². The van der Waals surface area contributed by atoms with Crippen molar-refractivity contribution in [2.75, 3.05) is 6.54 Å². The molecule has 0 bridgehead atoms. The van der Waals surface area contributed by atoms with E-state index in [1.165, 1.54) is 17.0 Å². The van der Waals surface area contributed by atoms with Gasteiger partial charge in [0.05, 0.1) is 29.2 Å². The van der Waals surface area contributed by atoms with Crippen LogP contribution in [0.3, 0.4) is 0 Å². The fourth-order valence-corrected chi connectivity index (χ4v) is 4.22. The molecule has 1 aliphatic rings. The normalized spacial score (nSPS) is 18.0. The molecule has 1 N–H and O–H groups in total. The quantitative estimate of drug-likeness (QED) is 0.364. The summed E-state index contributed by atoms with van der Waals surface area (Å²) in [6.45, 7) is 4.26. The zero-order valence-corrected chi connectivity index (χ0v) is 18.1. The van der Waals surface area contributed by atoms with Crippen molar-refractivity contribution in [3.05, 3.63) is 76.9 Å². The number of aliphatic hydroxyl groups excluding tert-OH is 1. The lowest BCUT2D eigenvalue weighted by atomic mass is 9.94. The van der Waals surface area contributed by atoms with Gasteiger partial charge in [-0.05, 0) is 26.3 Å². The highest BCUT2D eigenvalue weighted by atomic mass is 19.1. The van der Waals surface area contributed by atoms with Crippen LogP contribution in [-0.4, -0.2) is 47.6 Å². The second-order valence-electron chi connectivity index (χ2n) is 7.84. The molecule has 8 nitrogen and oxygen atoms in total. The fraction of sp³-hybridized carbons (Fsp3) is 0.304. The largest absolute Gasteiger partial charge is 0.507 e. The Labute approximate surface area is 184 Å². The number of nitrogens with zero attached hydrogens (tertiary/aromatic N) is 5. The third-order valence-electron chi connectivity index (χ3n) is 5.86. The van der Waals surface area contributed by atoms with Crippen LogP contribution in [0, 0.1) is 19.7 Å². The number of hydrogen-bond acceptors (Lipinski definition) is 5. The van der Waals surface area contributed by atoms with Gasteiger partial charge < -0.3 is 14.6 Å². The minimum absolute atomic E-state index is 0.123. The van der Waals surface area contributed by atoms with Crippen molar-refractivity contribution in [1.29, 1.82) is 0 Å². The molecule has 0 spiro atoms. The highest BCUT2D eigenvalue weighted by molar-refractivity contribution is 6.46. The molecule has 0 aliphatic carbocycles. The van der Waals surface area contributed by atoms with Crippen molar-refractivity contribution >= 4 is 17.4 Å². The number of Topliss-reactive ketones (excluding diaryl/α,β-unsaturated/α-hetero) is 1. The molecule has 4 rings (SSSR count). The first-order chi connectivity index (χ1) is 15.3. The molecule has 32 heavy (non-hydrogen) atoms. The van der Waals surface area contributed by atoms with E-state index in [9.17, 15) is 19.1 Å².